The molecule has 0 saturated carbocycles. The van der Waals surface area contributed by atoms with Crippen molar-refractivity contribution in [2.75, 3.05) is 57.4 Å². The minimum atomic E-state index is 0.616. The Labute approximate surface area is 161 Å². The Morgan fingerprint density at radius 3 is 2.73 bits per heavy atom. The fourth-order valence-electron chi connectivity index (χ4n) is 3.28. The molecule has 0 unspecified atom stereocenters. The maximum atomic E-state index is 5.85. The second-order valence-corrected chi connectivity index (χ2v) is 7.02. The summed E-state index contributed by atoms with van der Waals surface area (Å²) in [5.74, 6) is 2.53. The van der Waals surface area contributed by atoms with Gasteiger partial charge in [0.05, 0.1) is 5.69 Å². The third kappa shape index (κ3) is 3.88. The number of halogens is 1. The number of pyridine rings is 1. The van der Waals surface area contributed by atoms with Crippen LogP contribution in [0, 0.1) is 0 Å². The fourth-order valence-corrected chi connectivity index (χ4v) is 3.65. The Morgan fingerprint density at radius 1 is 1.04 bits per heavy atom. The highest BCUT2D eigenvalue weighted by Crippen LogP contribution is 2.39. The molecule has 138 valence electrons. The van der Waals surface area contributed by atoms with Crippen molar-refractivity contribution >= 4 is 21.6 Å². The summed E-state index contributed by atoms with van der Waals surface area (Å²) >= 11 is 3.41. The second-order valence-electron chi connectivity index (χ2n) is 6.27. The van der Waals surface area contributed by atoms with E-state index in [-0.39, 0.29) is 0 Å². The fraction of sp³-hybridized carbons (Fsp3) is 0.421. The van der Waals surface area contributed by atoms with Gasteiger partial charge in [0.1, 0.15) is 24.4 Å². The molecule has 26 heavy (non-hydrogen) atoms. The first kappa shape index (κ1) is 17.4. The van der Waals surface area contributed by atoms with Crippen molar-refractivity contribution in [3.63, 3.8) is 0 Å². The number of ether oxygens (including phenoxy) is 3. The van der Waals surface area contributed by atoms with Gasteiger partial charge in [0, 0.05) is 38.9 Å². The number of benzene rings is 1. The highest BCUT2D eigenvalue weighted by Gasteiger charge is 2.23. The Bertz CT molecular complexity index is 751. The van der Waals surface area contributed by atoms with Crippen molar-refractivity contribution in [2.45, 2.75) is 0 Å². The summed E-state index contributed by atoms with van der Waals surface area (Å²) in [6.45, 7) is 6.74. The average Bonchev–Trinajstić information content (AvgIpc) is 2.70. The summed E-state index contributed by atoms with van der Waals surface area (Å²) in [7, 11) is 0. The van der Waals surface area contributed by atoms with Crippen LogP contribution in [0.5, 0.6) is 17.2 Å². The number of para-hydroxylation sites is 1. The maximum Gasteiger partial charge on any atom is 0.184 e. The van der Waals surface area contributed by atoms with Crippen molar-refractivity contribution in [3.8, 4) is 17.2 Å². The van der Waals surface area contributed by atoms with Gasteiger partial charge in [-0.1, -0.05) is 6.07 Å². The number of anilines is 1. The first-order chi connectivity index (χ1) is 12.8. The summed E-state index contributed by atoms with van der Waals surface area (Å²) in [6, 6.07) is 9.93. The van der Waals surface area contributed by atoms with Crippen LogP contribution < -0.4 is 19.1 Å². The Balaban J connectivity index is 1.29. The molecule has 2 aromatic rings. The Hall–Kier alpha value is -1.99. The number of piperazine rings is 1. The van der Waals surface area contributed by atoms with E-state index < -0.39 is 0 Å². The minimum absolute atomic E-state index is 0.616. The van der Waals surface area contributed by atoms with Gasteiger partial charge in [0.25, 0.3) is 0 Å². The van der Waals surface area contributed by atoms with Crippen LogP contribution in [0.1, 0.15) is 0 Å². The Kier molecular flexibility index (Phi) is 5.45. The molecule has 2 aliphatic rings. The van der Waals surface area contributed by atoms with Crippen LogP contribution in [0.3, 0.4) is 0 Å². The molecule has 7 heteroatoms. The van der Waals surface area contributed by atoms with Crippen LogP contribution in [-0.2, 0) is 0 Å². The van der Waals surface area contributed by atoms with Gasteiger partial charge in [-0.05, 0) is 40.2 Å². The van der Waals surface area contributed by atoms with Crippen molar-refractivity contribution in [2.24, 2.45) is 0 Å². The predicted octanol–water partition coefficient (Wildman–Crippen LogP) is 2.82. The van der Waals surface area contributed by atoms with E-state index in [0.717, 1.165) is 60.3 Å². The molecule has 1 aromatic heterocycles. The van der Waals surface area contributed by atoms with Crippen LogP contribution in [-0.4, -0.2) is 62.4 Å². The standard InChI is InChI=1S/C19H22BrN3O3/c20-19-17(5-2-6-21-19)24-12-11-22-7-9-23(10-8-22)15-3-1-4-16-18(15)26-14-13-25-16/h1-6H,7-14H2. The van der Waals surface area contributed by atoms with E-state index in [9.17, 15) is 0 Å². The maximum absolute atomic E-state index is 5.85. The molecule has 1 saturated heterocycles. The summed E-state index contributed by atoms with van der Waals surface area (Å²) in [5, 5.41) is 0. The number of fused-ring (bicyclic) bond motifs is 1. The molecule has 0 amide bonds. The van der Waals surface area contributed by atoms with Gasteiger partial charge in [-0.2, -0.15) is 0 Å². The van der Waals surface area contributed by atoms with Crippen molar-refractivity contribution < 1.29 is 14.2 Å². The first-order valence-corrected chi connectivity index (χ1v) is 9.70. The quantitative estimate of drug-likeness (QED) is 0.694. The highest BCUT2D eigenvalue weighted by atomic mass is 79.9. The van der Waals surface area contributed by atoms with E-state index in [0.29, 0.717) is 19.8 Å². The summed E-state index contributed by atoms with van der Waals surface area (Å²) in [6.07, 6.45) is 1.74. The Morgan fingerprint density at radius 2 is 1.88 bits per heavy atom. The highest BCUT2D eigenvalue weighted by molar-refractivity contribution is 9.10. The SMILES string of the molecule is Brc1ncccc1OCCN1CCN(c2cccc3c2OCCO3)CC1. The molecule has 1 aromatic carbocycles. The van der Waals surface area contributed by atoms with Crippen LogP contribution >= 0.6 is 15.9 Å². The molecule has 0 spiro atoms. The van der Waals surface area contributed by atoms with E-state index in [1.807, 2.05) is 24.3 Å². The number of hydrogen-bond donors (Lipinski definition) is 0. The molecule has 2 aliphatic heterocycles. The predicted molar refractivity (Wildman–Crippen MR) is 104 cm³/mol. The zero-order chi connectivity index (χ0) is 17.8. The number of rotatable bonds is 5. The van der Waals surface area contributed by atoms with E-state index in [2.05, 4.69) is 36.8 Å². The summed E-state index contributed by atoms with van der Waals surface area (Å²) in [5.41, 5.74) is 1.14. The van der Waals surface area contributed by atoms with Crippen LogP contribution in [0.15, 0.2) is 41.1 Å². The first-order valence-electron chi connectivity index (χ1n) is 8.90. The summed E-state index contributed by atoms with van der Waals surface area (Å²) < 4.78 is 18.1. The third-order valence-corrected chi connectivity index (χ3v) is 5.24. The van der Waals surface area contributed by atoms with E-state index in [1.54, 1.807) is 6.20 Å². The van der Waals surface area contributed by atoms with Gasteiger partial charge >= 0.3 is 0 Å². The largest absolute Gasteiger partial charge is 0.489 e. The van der Waals surface area contributed by atoms with Crippen molar-refractivity contribution in [1.29, 1.82) is 0 Å². The molecule has 3 heterocycles. The third-order valence-electron chi connectivity index (χ3n) is 4.65. The van der Waals surface area contributed by atoms with Crippen LogP contribution in [0.25, 0.3) is 0 Å². The molecule has 0 N–H and O–H groups in total. The van der Waals surface area contributed by atoms with E-state index in [4.69, 9.17) is 14.2 Å². The molecule has 0 aliphatic carbocycles. The van der Waals surface area contributed by atoms with Gasteiger partial charge in [-0.25, -0.2) is 4.98 Å². The van der Waals surface area contributed by atoms with Gasteiger partial charge in [0.15, 0.2) is 17.2 Å². The van der Waals surface area contributed by atoms with E-state index >= 15 is 0 Å². The number of nitrogens with zero attached hydrogens (tertiary/aromatic N) is 3. The lowest BCUT2D eigenvalue weighted by atomic mass is 10.2. The van der Waals surface area contributed by atoms with E-state index in [1.165, 1.54) is 0 Å². The number of aromatic nitrogens is 1. The lowest BCUT2D eigenvalue weighted by Gasteiger charge is -2.37. The molecule has 0 radical (unpaired) electrons. The molecular weight excluding hydrogens is 398 g/mol. The second kappa shape index (κ2) is 8.14. The molecular formula is C19H22BrN3O3. The number of hydrogen-bond acceptors (Lipinski definition) is 6. The molecule has 1 fully saturated rings. The lowest BCUT2D eigenvalue weighted by molar-refractivity contribution is 0.170. The van der Waals surface area contributed by atoms with Gasteiger partial charge in [-0.15, -0.1) is 0 Å². The van der Waals surface area contributed by atoms with Crippen LogP contribution in [0.2, 0.25) is 0 Å². The van der Waals surface area contributed by atoms with Crippen molar-refractivity contribution in [3.05, 3.63) is 41.1 Å². The topological polar surface area (TPSA) is 47.1 Å². The molecule has 0 atom stereocenters. The van der Waals surface area contributed by atoms with Crippen molar-refractivity contribution in [1.82, 2.24) is 9.88 Å². The lowest BCUT2D eigenvalue weighted by Crippen LogP contribution is -2.47. The monoisotopic (exact) mass is 419 g/mol. The average molecular weight is 420 g/mol. The van der Waals surface area contributed by atoms with Gasteiger partial charge < -0.3 is 19.1 Å². The smallest absolute Gasteiger partial charge is 0.184 e. The van der Waals surface area contributed by atoms with Gasteiger partial charge in [-0.3, -0.25) is 4.90 Å². The van der Waals surface area contributed by atoms with Crippen LogP contribution in [0.4, 0.5) is 5.69 Å². The van der Waals surface area contributed by atoms with Gasteiger partial charge in [0.2, 0.25) is 0 Å². The molecule has 0 bridgehead atoms. The zero-order valence-corrected chi connectivity index (χ0v) is 16.2. The summed E-state index contributed by atoms with van der Waals surface area (Å²) in [4.78, 5) is 8.97. The molecule has 6 nitrogen and oxygen atoms in total. The normalized spacial score (nSPS) is 17.2. The molecule has 4 rings (SSSR count). The zero-order valence-electron chi connectivity index (χ0n) is 14.6. The minimum Gasteiger partial charge on any atom is -0.489 e.